The average Bonchev–Trinajstić information content (AvgIpc) is 3.10. The van der Waals surface area contributed by atoms with Gasteiger partial charge in [0.15, 0.2) is 0 Å². The van der Waals surface area contributed by atoms with E-state index in [9.17, 15) is 9.90 Å². The maximum atomic E-state index is 13.1. The molecule has 1 aromatic heterocycles. The number of aliphatic hydroxyl groups is 1. The van der Waals surface area contributed by atoms with Crippen LogP contribution in [0, 0.1) is 6.92 Å². The number of fused-ring (bicyclic) bond motifs is 1. The maximum Gasteiger partial charge on any atom is 0.257 e. The van der Waals surface area contributed by atoms with Gasteiger partial charge in [0.05, 0.1) is 31.1 Å². The van der Waals surface area contributed by atoms with Crippen molar-refractivity contribution in [2.45, 2.75) is 13.0 Å². The van der Waals surface area contributed by atoms with E-state index in [4.69, 9.17) is 11.6 Å². The summed E-state index contributed by atoms with van der Waals surface area (Å²) in [6.45, 7) is 2.08. The Hall–Kier alpha value is -2.83. The average molecular weight is 383 g/mol. The van der Waals surface area contributed by atoms with Crippen LogP contribution in [0.25, 0.3) is 11.1 Å². The number of nitrogens with zero attached hydrogens (tertiary/aromatic N) is 2. The molecule has 3 N–H and O–H groups in total. The number of nitrogens with one attached hydrogen (secondary N) is 2. The highest BCUT2D eigenvalue weighted by atomic mass is 35.5. The van der Waals surface area contributed by atoms with Gasteiger partial charge in [-0.2, -0.15) is 5.10 Å². The van der Waals surface area contributed by atoms with E-state index in [1.165, 1.54) is 0 Å². The van der Waals surface area contributed by atoms with Gasteiger partial charge in [0.25, 0.3) is 5.91 Å². The van der Waals surface area contributed by atoms with Crippen LogP contribution in [0.5, 0.6) is 0 Å². The summed E-state index contributed by atoms with van der Waals surface area (Å²) in [4.78, 5) is 14.7. The lowest BCUT2D eigenvalue weighted by Crippen LogP contribution is -2.43. The lowest BCUT2D eigenvalue weighted by Gasteiger charge is -2.35. The smallest absolute Gasteiger partial charge is 0.257 e. The molecule has 0 unspecified atom stereocenters. The number of H-pyrrole nitrogens is 1. The fourth-order valence-electron chi connectivity index (χ4n) is 3.43. The molecule has 0 saturated heterocycles. The molecule has 1 amide bonds. The summed E-state index contributed by atoms with van der Waals surface area (Å²) in [7, 11) is 0. The Morgan fingerprint density at radius 2 is 2.11 bits per heavy atom. The number of hydrogen-bond acceptors (Lipinski definition) is 4. The zero-order valence-corrected chi connectivity index (χ0v) is 15.5. The zero-order valence-electron chi connectivity index (χ0n) is 14.7. The number of aromatic amines is 1. The molecule has 0 saturated carbocycles. The molecule has 0 radical (unpaired) electrons. The predicted octanol–water partition coefficient (Wildman–Crippen LogP) is 3.60. The Morgan fingerprint density at radius 1 is 1.26 bits per heavy atom. The minimum absolute atomic E-state index is 0.127. The number of hydrogen-bond donors (Lipinski definition) is 3. The van der Waals surface area contributed by atoms with Crippen LogP contribution < -0.4 is 5.32 Å². The number of carbonyl (C=O) groups excluding carboxylic acids is 1. The molecule has 2 aromatic carbocycles. The van der Waals surface area contributed by atoms with E-state index < -0.39 is 6.04 Å². The Bertz CT molecular complexity index is 1000. The van der Waals surface area contributed by atoms with E-state index in [-0.39, 0.29) is 12.5 Å². The molecule has 2 heterocycles. The second-order valence-electron chi connectivity index (χ2n) is 6.53. The first-order valence-electron chi connectivity index (χ1n) is 8.64. The van der Waals surface area contributed by atoms with Gasteiger partial charge in [-0.05, 0) is 42.3 Å². The number of benzene rings is 2. The van der Waals surface area contributed by atoms with E-state index in [1.807, 2.05) is 37.3 Å². The van der Waals surface area contributed by atoms with Crippen LogP contribution in [-0.2, 0) is 0 Å². The molecule has 1 aliphatic rings. The van der Waals surface area contributed by atoms with E-state index in [0.717, 1.165) is 28.1 Å². The van der Waals surface area contributed by atoms with Gasteiger partial charge < -0.3 is 15.3 Å². The molecule has 0 spiro atoms. The highest BCUT2D eigenvalue weighted by Crippen LogP contribution is 2.33. The Labute approximate surface area is 161 Å². The molecular weight excluding hydrogens is 364 g/mol. The van der Waals surface area contributed by atoms with E-state index in [2.05, 4.69) is 15.5 Å². The summed E-state index contributed by atoms with van der Waals surface area (Å²) in [6.07, 6.45) is 1.77. The molecule has 27 heavy (non-hydrogen) atoms. The van der Waals surface area contributed by atoms with Gasteiger partial charge in [-0.15, -0.1) is 0 Å². The molecule has 0 fully saturated rings. The van der Waals surface area contributed by atoms with Crippen molar-refractivity contribution in [1.29, 1.82) is 0 Å². The summed E-state index contributed by atoms with van der Waals surface area (Å²) >= 11 is 6.07. The molecule has 1 aliphatic heterocycles. The molecule has 0 aliphatic carbocycles. The van der Waals surface area contributed by atoms with Gasteiger partial charge in [-0.25, -0.2) is 0 Å². The van der Waals surface area contributed by atoms with Crippen LogP contribution in [-0.4, -0.2) is 39.4 Å². The van der Waals surface area contributed by atoms with Crippen molar-refractivity contribution in [1.82, 2.24) is 15.1 Å². The van der Waals surface area contributed by atoms with E-state index in [1.54, 1.807) is 23.2 Å². The van der Waals surface area contributed by atoms with Crippen molar-refractivity contribution in [3.63, 3.8) is 0 Å². The predicted molar refractivity (Wildman–Crippen MR) is 105 cm³/mol. The van der Waals surface area contributed by atoms with Crippen molar-refractivity contribution in [2.24, 2.45) is 0 Å². The summed E-state index contributed by atoms with van der Waals surface area (Å²) in [5, 5.41) is 20.8. The number of halogens is 1. The van der Waals surface area contributed by atoms with Gasteiger partial charge in [0, 0.05) is 22.0 Å². The van der Waals surface area contributed by atoms with Gasteiger partial charge in [0.2, 0.25) is 0 Å². The number of aromatic nitrogens is 2. The molecule has 0 bridgehead atoms. The quantitative estimate of drug-likeness (QED) is 0.644. The van der Waals surface area contributed by atoms with Crippen LogP contribution in [0.4, 0.5) is 5.69 Å². The molecule has 7 heteroatoms. The molecule has 6 nitrogen and oxygen atoms in total. The first-order chi connectivity index (χ1) is 13.1. The van der Waals surface area contributed by atoms with E-state index >= 15 is 0 Å². The van der Waals surface area contributed by atoms with Crippen molar-refractivity contribution in [3.8, 4) is 11.1 Å². The summed E-state index contributed by atoms with van der Waals surface area (Å²) in [5.74, 6) is -0.127. The Kier molecular flexibility index (Phi) is 4.59. The molecule has 138 valence electrons. The van der Waals surface area contributed by atoms with Gasteiger partial charge in [-0.3, -0.25) is 9.89 Å². The van der Waals surface area contributed by atoms with Crippen LogP contribution in [0.1, 0.15) is 27.7 Å². The Balaban J connectivity index is 1.66. The minimum Gasteiger partial charge on any atom is -0.394 e. The number of carbonyl (C=O) groups is 1. The monoisotopic (exact) mass is 382 g/mol. The van der Waals surface area contributed by atoms with Crippen LogP contribution >= 0.6 is 11.6 Å². The summed E-state index contributed by atoms with van der Waals surface area (Å²) in [6, 6.07) is 12.4. The second kappa shape index (κ2) is 7.06. The second-order valence-corrected chi connectivity index (χ2v) is 6.97. The lowest BCUT2D eigenvalue weighted by molar-refractivity contribution is 0.0598. The molecule has 4 rings (SSSR count). The number of rotatable bonds is 4. The third kappa shape index (κ3) is 3.18. The zero-order chi connectivity index (χ0) is 19.0. The Morgan fingerprint density at radius 3 is 2.81 bits per heavy atom. The van der Waals surface area contributed by atoms with Gasteiger partial charge >= 0.3 is 0 Å². The van der Waals surface area contributed by atoms with Crippen LogP contribution in [0.3, 0.4) is 0 Å². The summed E-state index contributed by atoms with van der Waals surface area (Å²) < 4.78 is 0. The minimum atomic E-state index is -0.465. The van der Waals surface area contributed by atoms with Gasteiger partial charge in [0.1, 0.15) is 0 Å². The highest BCUT2D eigenvalue weighted by molar-refractivity contribution is 6.30. The molecular formula is C20H19ClN4O2. The van der Waals surface area contributed by atoms with Crippen molar-refractivity contribution in [2.75, 3.05) is 18.6 Å². The maximum absolute atomic E-state index is 13.1. The topological polar surface area (TPSA) is 81.2 Å². The van der Waals surface area contributed by atoms with E-state index in [0.29, 0.717) is 17.3 Å². The SMILES string of the molecule is Cc1[nH]ncc1-c1ccc2c(c1)NCN([C@H](CO)c1cccc(Cl)c1)C2=O. The third-order valence-corrected chi connectivity index (χ3v) is 5.11. The fourth-order valence-corrected chi connectivity index (χ4v) is 3.63. The standard InChI is InChI=1S/C20H19ClN4O2/c1-12-17(9-23-24-12)13-5-6-16-18(8-13)22-11-25(20(16)27)19(10-26)14-3-2-4-15(21)7-14/h2-9,19,22,26H,10-11H2,1H3,(H,23,24)/t19-/m1/s1. The molecule has 3 aromatic rings. The van der Waals surface area contributed by atoms with Crippen molar-refractivity contribution < 1.29 is 9.90 Å². The van der Waals surface area contributed by atoms with Gasteiger partial charge in [-0.1, -0.05) is 29.8 Å². The van der Waals surface area contributed by atoms with Crippen LogP contribution in [0.2, 0.25) is 5.02 Å². The first kappa shape index (κ1) is 17.6. The number of amides is 1. The fraction of sp³-hybridized carbons (Fsp3) is 0.200. The first-order valence-corrected chi connectivity index (χ1v) is 9.02. The van der Waals surface area contributed by atoms with Crippen LogP contribution in [0.15, 0.2) is 48.7 Å². The third-order valence-electron chi connectivity index (χ3n) is 4.87. The van der Waals surface area contributed by atoms with Crippen molar-refractivity contribution in [3.05, 3.63) is 70.5 Å². The molecule has 1 atom stereocenters. The van der Waals surface area contributed by atoms with Crippen molar-refractivity contribution >= 4 is 23.2 Å². The number of aryl methyl sites for hydroxylation is 1. The number of aliphatic hydroxyl groups excluding tert-OH is 1. The number of anilines is 1. The highest BCUT2D eigenvalue weighted by Gasteiger charge is 2.31. The lowest BCUT2D eigenvalue weighted by atomic mass is 9.99. The largest absolute Gasteiger partial charge is 0.394 e. The normalized spacial score (nSPS) is 14.6. The summed E-state index contributed by atoms with van der Waals surface area (Å²) in [5.41, 5.74) is 5.11.